The normalized spacial score (nSPS) is 16.5. The number of carbonyl (C=O) groups excluding carboxylic acids is 1. The highest BCUT2D eigenvalue weighted by molar-refractivity contribution is 5.93. The van der Waals surface area contributed by atoms with Crippen molar-refractivity contribution in [1.82, 2.24) is 19.9 Å². The lowest BCUT2D eigenvalue weighted by atomic mass is 10.1. The summed E-state index contributed by atoms with van der Waals surface area (Å²) < 4.78 is 10.5. The van der Waals surface area contributed by atoms with Crippen molar-refractivity contribution in [3.05, 3.63) is 35.7 Å². The van der Waals surface area contributed by atoms with Crippen molar-refractivity contribution in [3.63, 3.8) is 0 Å². The molecule has 0 unspecified atom stereocenters. The number of methoxy groups -OCH3 is 1. The summed E-state index contributed by atoms with van der Waals surface area (Å²) in [6.07, 6.45) is 0.457. The molecule has 1 aliphatic rings. The average Bonchev–Trinajstić information content (AvgIpc) is 3.29. The highest BCUT2D eigenvalue weighted by Crippen LogP contribution is 2.20. The Labute approximate surface area is 156 Å². The van der Waals surface area contributed by atoms with E-state index in [2.05, 4.69) is 10.2 Å². The molecule has 1 amide bonds. The molecule has 0 spiro atoms. The monoisotopic (exact) mass is 374 g/mol. The van der Waals surface area contributed by atoms with Crippen LogP contribution in [-0.2, 0) is 9.53 Å². The third-order valence-electron chi connectivity index (χ3n) is 4.43. The molecule has 0 aliphatic carbocycles. The standard InChI is InChI=1S/C18H22N4O5/c1-12-16(17(23)21-8-7-13(11-21)18(24)25)20-22(19-12)14-3-5-15(6-4-14)27-10-9-26-2/h3-6,13H,7-11H2,1-2H3,(H,24,25)/t13-/m1/s1. The van der Waals surface area contributed by atoms with Crippen LogP contribution in [0.5, 0.6) is 5.75 Å². The first-order chi connectivity index (χ1) is 13.0. The first kappa shape index (κ1) is 18.8. The topological polar surface area (TPSA) is 107 Å². The lowest BCUT2D eigenvalue weighted by Crippen LogP contribution is -2.30. The molecule has 1 aromatic carbocycles. The van der Waals surface area contributed by atoms with E-state index >= 15 is 0 Å². The number of aliphatic carboxylic acids is 1. The first-order valence-electron chi connectivity index (χ1n) is 8.67. The molecular formula is C18H22N4O5. The van der Waals surface area contributed by atoms with Crippen molar-refractivity contribution in [2.75, 3.05) is 33.4 Å². The zero-order chi connectivity index (χ0) is 19.4. The van der Waals surface area contributed by atoms with Crippen molar-refractivity contribution < 1.29 is 24.2 Å². The molecule has 1 atom stereocenters. The van der Waals surface area contributed by atoms with Gasteiger partial charge in [-0.25, -0.2) is 0 Å². The Morgan fingerprint density at radius 1 is 1.22 bits per heavy atom. The van der Waals surface area contributed by atoms with Gasteiger partial charge in [-0.15, -0.1) is 5.10 Å². The second-order valence-electron chi connectivity index (χ2n) is 6.33. The van der Waals surface area contributed by atoms with Gasteiger partial charge in [-0.1, -0.05) is 0 Å². The van der Waals surface area contributed by atoms with Gasteiger partial charge in [0, 0.05) is 20.2 Å². The number of amides is 1. The third-order valence-corrected chi connectivity index (χ3v) is 4.43. The molecule has 3 rings (SSSR count). The van der Waals surface area contributed by atoms with Crippen molar-refractivity contribution in [2.45, 2.75) is 13.3 Å². The van der Waals surface area contributed by atoms with Gasteiger partial charge >= 0.3 is 5.97 Å². The fourth-order valence-corrected chi connectivity index (χ4v) is 2.91. The highest BCUT2D eigenvalue weighted by atomic mass is 16.5. The van der Waals surface area contributed by atoms with Crippen molar-refractivity contribution in [1.29, 1.82) is 0 Å². The maximum atomic E-state index is 12.7. The minimum atomic E-state index is -0.876. The Hall–Kier alpha value is -2.94. The van der Waals surface area contributed by atoms with Gasteiger partial charge in [0.2, 0.25) is 0 Å². The van der Waals surface area contributed by atoms with Crippen LogP contribution in [0.3, 0.4) is 0 Å². The molecular weight excluding hydrogens is 352 g/mol. The van der Waals surface area contributed by atoms with E-state index in [0.717, 1.165) is 0 Å². The van der Waals surface area contributed by atoms with E-state index < -0.39 is 11.9 Å². The number of carboxylic acid groups (broad SMARTS) is 1. The summed E-state index contributed by atoms with van der Waals surface area (Å²) >= 11 is 0. The van der Waals surface area contributed by atoms with Crippen LogP contribution in [0, 0.1) is 12.8 Å². The number of rotatable bonds is 7. The Bertz CT molecular complexity index is 818. The first-order valence-corrected chi connectivity index (χ1v) is 8.67. The van der Waals surface area contributed by atoms with Gasteiger partial charge in [-0.3, -0.25) is 9.59 Å². The van der Waals surface area contributed by atoms with Gasteiger partial charge in [0.25, 0.3) is 5.91 Å². The maximum absolute atomic E-state index is 12.7. The van der Waals surface area contributed by atoms with Gasteiger partial charge < -0.3 is 19.5 Å². The van der Waals surface area contributed by atoms with Crippen LogP contribution in [0.2, 0.25) is 0 Å². The molecule has 0 bridgehead atoms. The zero-order valence-electron chi connectivity index (χ0n) is 15.3. The van der Waals surface area contributed by atoms with E-state index in [1.807, 2.05) is 0 Å². The summed E-state index contributed by atoms with van der Waals surface area (Å²) in [4.78, 5) is 26.7. The molecule has 1 fully saturated rings. The Morgan fingerprint density at radius 3 is 2.59 bits per heavy atom. The third kappa shape index (κ3) is 4.25. The smallest absolute Gasteiger partial charge is 0.308 e. The number of ether oxygens (including phenoxy) is 2. The number of aromatic nitrogens is 3. The number of hydrogen-bond acceptors (Lipinski definition) is 6. The van der Waals surface area contributed by atoms with Gasteiger partial charge in [0.15, 0.2) is 5.69 Å². The SMILES string of the molecule is COCCOc1ccc(-n2nc(C)c(C(=O)N3CC[C@@H](C(=O)O)C3)n2)cc1. The van der Waals surface area contributed by atoms with Crippen LogP contribution in [-0.4, -0.2) is 70.3 Å². The van der Waals surface area contributed by atoms with Crippen molar-refractivity contribution in [2.24, 2.45) is 5.92 Å². The Kier molecular flexibility index (Phi) is 5.70. The van der Waals surface area contributed by atoms with Gasteiger partial charge in [-0.2, -0.15) is 9.90 Å². The minimum absolute atomic E-state index is 0.202. The van der Waals surface area contributed by atoms with Crippen LogP contribution < -0.4 is 4.74 Å². The molecule has 27 heavy (non-hydrogen) atoms. The maximum Gasteiger partial charge on any atom is 0.308 e. The number of benzene rings is 1. The van der Waals surface area contributed by atoms with Crippen molar-refractivity contribution in [3.8, 4) is 11.4 Å². The average molecular weight is 374 g/mol. The predicted molar refractivity (Wildman–Crippen MR) is 95.1 cm³/mol. The quantitative estimate of drug-likeness (QED) is 0.725. The summed E-state index contributed by atoms with van der Waals surface area (Å²) in [5.74, 6) is -0.983. The van der Waals surface area contributed by atoms with E-state index in [4.69, 9.17) is 14.6 Å². The zero-order valence-corrected chi connectivity index (χ0v) is 15.3. The van der Waals surface area contributed by atoms with Crippen LogP contribution in [0.1, 0.15) is 22.6 Å². The molecule has 144 valence electrons. The second kappa shape index (κ2) is 8.17. The predicted octanol–water partition coefficient (Wildman–Crippen LogP) is 1.15. The van der Waals surface area contributed by atoms with Gasteiger partial charge in [0.1, 0.15) is 12.4 Å². The fraction of sp³-hybridized carbons (Fsp3) is 0.444. The van der Waals surface area contributed by atoms with E-state index in [-0.39, 0.29) is 18.1 Å². The summed E-state index contributed by atoms with van der Waals surface area (Å²) in [7, 11) is 1.61. The van der Waals surface area contributed by atoms with E-state index in [0.29, 0.717) is 43.3 Å². The Balaban J connectivity index is 1.71. The Morgan fingerprint density at radius 2 is 1.96 bits per heavy atom. The van der Waals surface area contributed by atoms with Crippen LogP contribution in [0.4, 0.5) is 0 Å². The van der Waals surface area contributed by atoms with E-state index in [1.165, 1.54) is 9.70 Å². The molecule has 1 aromatic heterocycles. The van der Waals surface area contributed by atoms with E-state index in [1.54, 1.807) is 38.3 Å². The number of hydrogen-bond donors (Lipinski definition) is 1. The lowest BCUT2D eigenvalue weighted by Gasteiger charge is -2.14. The van der Waals surface area contributed by atoms with Gasteiger partial charge in [0.05, 0.1) is 23.9 Å². The molecule has 1 aliphatic heterocycles. The van der Waals surface area contributed by atoms with Gasteiger partial charge in [-0.05, 0) is 37.6 Å². The van der Waals surface area contributed by atoms with Crippen molar-refractivity contribution >= 4 is 11.9 Å². The molecule has 9 nitrogen and oxygen atoms in total. The number of nitrogens with zero attached hydrogens (tertiary/aromatic N) is 4. The summed E-state index contributed by atoms with van der Waals surface area (Å²) in [5, 5.41) is 17.7. The number of likely N-dealkylation sites (tertiary alicyclic amines) is 1. The molecule has 1 saturated heterocycles. The highest BCUT2D eigenvalue weighted by Gasteiger charge is 2.33. The number of aryl methyl sites for hydroxylation is 1. The van der Waals surface area contributed by atoms with Crippen LogP contribution in [0.25, 0.3) is 5.69 Å². The minimum Gasteiger partial charge on any atom is -0.491 e. The number of carboxylic acids is 1. The molecule has 2 heterocycles. The summed E-state index contributed by atoms with van der Waals surface area (Å²) in [5.41, 5.74) is 1.43. The summed E-state index contributed by atoms with van der Waals surface area (Å²) in [6, 6.07) is 7.19. The second-order valence-corrected chi connectivity index (χ2v) is 6.33. The molecule has 2 aromatic rings. The number of carbonyl (C=O) groups is 2. The summed E-state index contributed by atoms with van der Waals surface area (Å²) in [6.45, 7) is 3.29. The molecule has 1 N–H and O–H groups in total. The fourth-order valence-electron chi connectivity index (χ4n) is 2.91. The van der Waals surface area contributed by atoms with Crippen LogP contribution >= 0.6 is 0 Å². The largest absolute Gasteiger partial charge is 0.491 e. The lowest BCUT2D eigenvalue weighted by molar-refractivity contribution is -0.141. The molecule has 0 radical (unpaired) electrons. The molecule has 0 saturated carbocycles. The van der Waals surface area contributed by atoms with E-state index in [9.17, 15) is 9.59 Å². The molecule has 9 heteroatoms. The van der Waals surface area contributed by atoms with Crippen LogP contribution in [0.15, 0.2) is 24.3 Å².